The zero-order valence-corrected chi connectivity index (χ0v) is 13.0. The number of hydrogen-bond acceptors (Lipinski definition) is 5. The number of nitrogens with zero attached hydrogens (tertiary/aromatic N) is 4. The van der Waals surface area contributed by atoms with Crippen molar-refractivity contribution in [3.63, 3.8) is 0 Å². The molecule has 0 aliphatic carbocycles. The lowest BCUT2D eigenvalue weighted by Crippen LogP contribution is -2.54. The molecule has 1 aromatic carbocycles. The van der Waals surface area contributed by atoms with Gasteiger partial charge in [0.2, 0.25) is 11.9 Å². The predicted molar refractivity (Wildman–Crippen MR) is 88.9 cm³/mol. The molecule has 1 atom stereocenters. The van der Waals surface area contributed by atoms with E-state index in [-0.39, 0.29) is 5.91 Å². The Bertz CT molecular complexity index is 626. The standard InChI is InChI=1S/C17H21N5O/c18-15(13-14-5-2-1-3-6-14)16(23)21-9-11-22(12-10-21)17-19-7-4-8-20-17/h1-8,15H,9-13,18H2. The molecule has 1 aliphatic rings. The van der Waals surface area contributed by atoms with E-state index in [1.54, 1.807) is 18.5 Å². The summed E-state index contributed by atoms with van der Waals surface area (Å²) in [7, 11) is 0. The maximum absolute atomic E-state index is 12.5. The monoisotopic (exact) mass is 311 g/mol. The second-order valence-corrected chi connectivity index (χ2v) is 5.66. The average molecular weight is 311 g/mol. The van der Waals surface area contributed by atoms with Crippen molar-refractivity contribution in [2.45, 2.75) is 12.5 Å². The van der Waals surface area contributed by atoms with Gasteiger partial charge in [0.1, 0.15) is 0 Å². The topological polar surface area (TPSA) is 75.4 Å². The van der Waals surface area contributed by atoms with Crippen LogP contribution in [0, 0.1) is 0 Å². The minimum Gasteiger partial charge on any atom is -0.338 e. The van der Waals surface area contributed by atoms with Gasteiger partial charge in [-0.3, -0.25) is 4.79 Å². The van der Waals surface area contributed by atoms with Crippen LogP contribution in [-0.4, -0.2) is 53.0 Å². The molecule has 6 heteroatoms. The van der Waals surface area contributed by atoms with Gasteiger partial charge in [-0.2, -0.15) is 0 Å². The second-order valence-electron chi connectivity index (χ2n) is 5.66. The Labute approximate surface area is 135 Å². The molecule has 2 N–H and O–H groups in total. The molecule has 2 heterocycles. The van der Waals surface area contributed by atoms with Crippen molar-refractivity contribution >= 4 is 11.9 Å². The number of carbonyl (C=O) groups is 1. The predicted octanol–water partition coefficient (Wildman–Crippen LogP) is 0.695. The molecule has 1 saturated heterocycles. The molecule has 6 nitrogen and oxygen atoms in total. The summed E-state index contributed by atoms with van der Waals surface area (Å²) < 4.78 is 0. The Hall–Kier alpha value is -2.47. The zero-order chi connectivity index (χ0) is 16.1. The number of benzene rings is 1. The summed E-state index contributed by atoms with van der Waals surface area (Å²) in [6.45, 7) is 2.76. The maximum atomic E-state index is 12.5. The molecule has 2 aromatic rings. The van der Waals surface area contributed by atoms with Crippen LogP contribution in [0.3, 0.4) is 0 Å². The van der Waals surface area contributed by atoms with Crippen LogP contribution in [0.4, 0.5) is 5.95 Å². The summed E-state index contributed by atoms with van der Waals surface area (Å²) in [5.41, 5.74) is 7.18. The number of carbonyl (C=O) groups excluding carboxylic acids is 1. The Morgan fingerprint density at radius 2 is 1.70 bits per heavy atom. The quantitative estimate of drug-likeness (QED) is 0.899. The van der Waals surface area contributed by atoms with Gasteiger partial charge in [-0.25, -0.2) is 9.97 Å². The van der Waals surface area contributed by atoms with Gasteiger partial charge in [-0.15, -0.1) is 0 Å². The summed E-state index contributed by atoms with van der Waals surface area (Å²) in [5.74, 6) is 0.732. The highest BCUT2D eigenvalue weighted by atomic mass is 16.2. The number of amides is 1. The fraction of sp³-hybridized carbons (Fsp3) is 0.353. The zero-order valence-electron chi connectivity index (χ0n) is 13.0. The van der Waals surface area contributed by atoms with E-state index in [2.05, 4.69) is 14.9 Å². The lowest BCUT2D eigenvalue weighted by molar-refractivity contribution is -0.132. The third kappa shape index (κ3) is 3.84. The summed E-state index contributed by atoms with van der Waals surface area (Å²) in [5, 5.41) is 0. The molecule has 1 amide bonds. The van der Waals surface area contributed by atoms with Crippen LogP contribution in [0.25, 0.3) is 0 Å². The summed E-state index contributed by atoms with van der Waals surface area (Å²) in [6.07, 6.45) is 4.03. The van der Waals surface area contributed by atoms with Gasteiger partial charge in [-0.1, -0.05) is 30.3 Å². The minimum absolute atomic E-state index is 0.0162. The Morgan fingerprint density at radius 3 is 2.35 bits per heavy atom. The molecular weight excluding hydrogens is 290 g/mol. The van der Waals surface area contributed by atoms with Crippen LogP contribution in [0.15, 0.2) is 48.8 Å². The molecule has 0 radical (unpaired) electrons. The van der Waals surface area contributed by atoms with Crippen molar-refractivity contribution in [2.75, 3.05) is 31.1 Å². The number of nitrogens with two attached hydrogens (primary N) is 1. The molecule has 0 saturated carbocycles. The highest BCUT2D eigenvalue weighted by Crippen LogP contribution is 2.11. The van der Waals surface area contributed by atoms with Gasteiger partial charge in [-0.05, 0) is 18.1 Å². The van der Waals surface area contributed by atoms with E-state index in [9.17, 15) is 4.79 Å². The van der Waals surface area contributed by atoms with Crippen LogP contribution in [-0.2, 0) is 11.2 Å². The summed E-state index contributed by atoms with van der Waals surface area (Å²) >= 11 is 0. The molecule has 23 heavy (non-hydrogen) atoms. The van der Waals surface area contributed by atoms with Gasteiger partial charge in [0.25, 0.3) is 0 Å². The van der Waals surface area contributed by atoms with E-state index < -0.39 is 6.04 Å². The van der Waals surface area contributed by atoms with E-state index in [0.29, 0.717) is 25.5 Å². The highest BCUT2D eigenvalue weighted by molar-refractivity contribution is 5.82. The van der Waals surface area contributed by atoms with E-state index >= 15 is 0 Å². The van der Waals surface area contributed by atoms with Crippen molar-refractivity contribution in [1.29, 1.82) is 0 Å². The molecule has 120 valence electrons. The second kappa shape index (κ2) is 7.19. The fourth-order valence-electron chi connectivity index (χ4n) is 2.77. The SMILES string of the molecule is NC(Cc1ccccc1)C(=O)N1CCN(c2ncccn2)CC1. The molecule has 1 aromatic heterocycles. The Kier molecular flexibility index (Phi) is 4.83. The number of rotatable bonds is 4. The van der Waals surface area contributed by atoms with E-state index in [0.717, 1.165) is 18.7 Å². The Balaban J connectivity index is 1.54. The lowest BCUT2D eigenvalue weighted by Gasteiger charge is -2.35. The van der Waals surface area contributed by atoms with Gasteiger partial charge in [0, 0.05) is 38.6 Å². The first-order valence-corrected chi connectivity index (χ1v) is 7.84. The minimum atomic E-state index is -0.489. The van der Waals surface area contributed by atoms with Crippen molar-refractivity contribution < 1.29 is 4.79 Å². The molecular formula is C17H21N5O. The van der Waals surface area contributed by atoms with Gasteiger partial charge >= 0.3 is 0 Å². The molecule has 0 spiro atoms. The first kappa shape index (κ1) is 15.4. The Morgan fingerprint density at radius 1 is 1.04 bits per heavy atom. The van der Waals surface area contributed by atoms with Crippen molar-refractivity contribution in [1.82, 2.24) is 14.9 Å². The highest BCUT2D eigenvalue weighted by Gasteiger charge is 2.26. The van der Waals surface area contributed by atoms with Crippen molar-refractivity contribution in [3.8, 4) is 0 Å². The van der Waals surface area contributed by atoms with Crippen LogP contribution in [0.5, 0.6) is 0 Å². The van der Waals surface area contributed by atoms with Crippen molar-refractivity contribution in [2.24, 2.45) is 5.73 Å². The molecule has 1 aliphatic heterocycles. The first-order valence-electron chi connectivity index (χ1n) is 7.84. The van der Waals surface area contributed by atoms with Crippen LogP contribution >= 0.6 is 0 Å². The van der Waals surface area contributed by atoms with Gasteiger partial charge < -0.3 is 15.5 Å². The van der Waals surface area contributed by atoms with E-state index in [1.807, 2.05) is 35.2 Å². The van der Waals surface area contributed by atoms with Crippen LogP contribution in [0.1, 0.15) is 5.56 Å². The van der Waals surface area contributed by atoms with E-state index in [1.165, 1.54) is 0 Å². The number of piperazine rings is 1. The molecule has 0 bridgehead atoms. The first-order chi connectivity index (χ1) is 11.2. The largest absolute Gasteiger partial charge is 0.338 e. The fourth-order valence-corrected chi connectivity index (χ4v) is 2.77. The number of anilines is 1. The normalized spacial score (nSPS) is 16.2. The van der Waals surface area contributed by atoms with Gasteiger partial charge in [0.05, 0.1) is 6.04 Å². The third-order valence-electron chi connectivity index (χ3n) is 4.04. The van der Waals surface area contributed by atoms with Crippen LogP contribution < -0.4 is 10.6 Å². The molecule has 1 fully saturated rings. The lowest BCUT2D eigenvalue weighted by atomic mass is 10.1. The number of aromatic nitrogens is 2. The number of hydrogen-bond donors (Lipinski definition) is 1. The van der Waals surface area contributed by atoms with Crippen molar-refractivity contribution in [3.05, 3.63) is 54.4 Å². The smallest absolute Gasteiger partial charge is 0.239 e. The molecule has 1 unspecified atom stereocenters. The molecule has 3 rings (SSSR count). The van der Waals surface area contributed by atoms with Gasteiger partial charge in [0.15, 0.2) is 0 Å². The summed E-state index contributed by atoms with van der Waals surface area (Å²) in [4.78, 5) is 24.9. The van der Waals surface area contributed by atoms with Crippen LogP contribution in [0.2, 0.25) is 0 Å². The maximum Gasteiger partial charge on any atom is 0.239 e. The third-order valence-corrected chi connectivity index (χ3v) is 4.04. The summed E-state index contributed by atoms with van der Waals surface area (Å²) in [6, 6.07) is 11.2. The average Bonchev–Trinajstić information content (AvgIpc) is 2.63. The van der Waals surface area contributed by atoms with E-state index in [4.69, 9.17) is 5.73 Å².